The van der Waals surface area contributed by atoms with Crippen molar-refractivity contribution in [3.05, 3.63) is 45.0 Å². The summed E-state index contributed by atoms with van der Waals surface area (Å²) < 4.78 is 5.81. The summed E-state index contributed by atoms with van der Waals surface area (Å²) in [5.41, 5.74) is 3.71. The number of ether oxygens (including phenoxy) is 1. The molecular formula is C14H18N4O2S. The van der Waals surface area contributed by atoms with Gasteiger partial charge in [0.1, 0.15) is 0 Å². The maximum absolute atomic E-state index is 11.2. The van der Waals surface area contributed by atoms with Crippen molar-refractivity contribution in [3.8, 4) is 0 Å². The Bertz CT molecular complexity index is 613. The predicted octanol–water partition coefficient (Wildman–Crippen LogP) is 1.06. The largest absolute Gasteiger partial charge is 0.376 e. The molecule has 21 heavy (non-hydrogen) atoms. The normalized spacial score (nSPS) is 19.7. The van der Waals surface area contributed by atoms with Crippen LogP contribution in [0.4, 0.5) is 0 Å². The Morgan fingerprint density at radius 3 is 3.19 bits per heavy atom. The molecule has 7 heteroatoms. The fourth-order valence-corrected chi connectivity index (χ4v) is 3.05. The standard InChI is InChI=1S/C14H18N4O2S/c19-14-5-11(15-9-16-14)1-2-13-7-18(3-4-20-13)6-12-8-21-10-17-12/h5,8-10,13H,1-4,6-7H2,(H,15,16,19)/t13-/m1/s1. The van der Waals surface area contributed by atoms with Gasteiger partial charge in [-0.3, -0.25) is 9.69 Å². The number of thiazole rings is 1. The number of aromatic amines is 1. The van der Waals surface area contributed by atoms with Gasteiger partial charge in [0.05, 0.1) is 30.2 Å². The van der Waals surface area contributed by atoms with Gasteiger partial charge in [-0.05, 0) is 12.8 Å². The Kier molecular flexibility index (Phi) is 4.74. The van der Waals surface area contributed by atoms with E-state index in [2.05, 4.69) is 25.2 Å². The molecular weight excluding hydrogens is 288 g/mol. The Hall–Kier alpha value is -1.57. The first-order valence-electron chi connectivity index (χ1n) is 7.04. The summed E-state index contributed by atoms with van der Waals surface area (Å²) >= 11 is 1.63. The molecule has 0 spiro atoms. The molecule has 2 aromatic rings. The van der Waals surface area contributed by atoms with Crippen molar-refractivity contribution in [1.29, 1.82) is 0 Å². The molecule has 0 aliphatic carbocycles. The molecule has 0 saturated carbocycles. The minimum absolute atomic E-state index is 0.102. The lowest BCUT2D eigenvalue weighted by atomic mass is 10.1. The molecule has 0 aromatic carbocycles. The molecule has 112 valence electrons. The molecule has 1 saturated heterocycles. The number of hydrogen-bond donors (Lipinski definition) is 1. The highest BCUT2D eigenvalue weighted by atomic mass is 32.1. The summed E-state index contributed by atoms with van der Waals surface area (Å²) in [6.45, 7) is 3.47. The summed E-state index contributed by atoms with van der Waals surface area (Å²) in [6.07, 6.45) is 3.29. The Morgan fingerprint density at radius 1 is 1.43 bits per heavy atom. The zero-order chi connectivity index (χ0) is 14.5. The van der Waals surface area contributed by atoms with Crippen molar-refractivity contribution in [2.24, 2.45) is 0 Å². The minimum atomic E-state index is -0.102. The number of aromatic nitrogens is 3. The molecule has 1 aliphatic rings. The number of H-pyrrole nitrogens is 1. The SMILES string of the molecule is O=c1cc(CC[C@@H]2CN(Cc3cscn3)CCO2)nc[nH]1. The van der Waals surface area contributed by atoms with E-state index in [-0.39, 0.29) is 11.7 Å². The van der Waals surface area contributed by atoms with Crippen LogP contribution >= 0.6 is 11.3 Å². The summed E-state index contributed by atoms with van der Waals surface area (Å²) in [6, 6.07) is 1.55. The monoisotopic (exact) mass is 306 g/mol. The molecule has 2 aromatic heterocycles. The molecule has 0 radical (unpaired) electrons. The van der Waals surface area contributed by atoms with E-state index < -0.39 is 0 Å². The lowest BCUT2D eigenvalue weighted by Crippen LogP contribution is -2.42. The second-order valence-electron chi connectivity index (χ2n) is 5.15. The van der Waals surface area contributed by atoms with Crippen LogP contribution in [0.1, 0.15) is 17.8 Å². The average molecular weight is 306 g/mol. The van der Waals surface area contributed by atoms with Crippen LogP contribution in [0.3, 0.4) is 0 Å². The van der Waals surface area contributed by atoms with Crippen molar-refractivity contribution in [1.82, 2.24) is 19.9 Å². The van der Waals surface area contributed by atoms with Crippen LogP contribution in [0.15, 0.2) is 28.1 Å². The molecule has 1 N–H and O–H groups in total. The van der Waals surface area contributed by atoms with Crippen molar-refractivity contribution in [2.45, 2.75) is 25.5 Å². The summed E-state index contributed by atoms with van der Waals surface area (Å²) in [5.74, 6) is 0. The number of aryl methyl sites for hydroxylation is 1. The zero-order valence-corrected chi connectivity index (χ0v) is 12.5. The molecule has 1 atom stereocenters. The average Bonchev–Trinajstić information content (AvgIpc) is 2.99. The number of hydrogen-bond acceptors (Lipinski definition) is 6. The first-order chi connectivity index (χ1) is 10.3. The molecule has 1 fully saturated rings. The van der Waals surface area contributed by atoms with Crippen LogP contribution in [0.25, 0.3) is 0 Å². The molecule has 1 aliphatic heterocycles. The van der Waals surface area contributed by atoms with Crippen LogP contribution < -0.4 is 5.56 Å². The van der Waals surface area contributed by atoms with E-state index in [1.165, 1.54) is 6.33 Å². The summed E-state index contributed by atoms with van der Waals surface area (Å²) in [7, 11) is 0. The molecule has 0 amide bonds. The highest BCUT2D eigenvalue weighted by Gasteiger charge is 2.21. The maximum atomic E-state index is 11.2. The first-order valence-corrected chi connectivity index (χ1v) is 7.98. The van der Waals surface area contributed by atoms with Crippen LogP contribution in [-0.4, -0.2) is 45.7 Å². The Balaban J connectivity index is 1.50. The molecule has 0 bridgehead atoms. The van der Waals surface area contributed by atoms with Gasteiger partial charge in [0.25, 0.3) is 5.56 Å². The second-order valence-corrected chi connectivity index (χ2v) is 5.87. The third-order valence-corrected chi connectivity index (χ3v) is 4.18. The molecule has 3 heterocycles. The van der Waals surface area contributed by atoms with Crippen LogP contribution in [0.5, 0.6) is 0 Å². The van der Waals surface area contributed by atoms with Gasteiger partial charge in [0.2, 0.25) is 0 Å². The lowest BCUT2D eigenvalue weighted by Gasteiger charge is -2.32. The zero-order valence-electron chi connectivity index (χ0n) is 11.7. The number of nitrogens with zero attached hydrogens (tertiary/aromatic N) is 3. The van der Waals surface area contributed by atoms with Gasteiger partial charge >= 0.3 is 0 Å². The van der Waals surface area contributed by atoms with Gasteiger partial charge in [0, 0.05) is 36.8 Å². The minimum Gasteiger partial charge on any atom is -0.376 e. The van der Waals surface area contributed by atoms with Gasteiger partial charge in [-0.1, -0.05) is 0 Å². The first kappa shape index (κ1) is 14.4. The number of nitrogens with one attached hydrogen (secondary N) is 1. The maximum Gasteiger partial charge on any atom is 0.250 e. The van der Waals surface area contributed by atoms with Gasteiger partial charge in [-0.2, -0.15) is 0 Å². The van der Waals surface area contributed by atoms with E-state index in [1.807, 2.05) is 5.51 Å². The summed E-state index contributed by atoms with van der Waals surface area (Å²) in [5, 5.41) is 2.09. The lowest BCUT2D eigenvalue weighted by molar-refractivity contribution is -0.0349. The number of rotatable bonds is 5. The van der Waals surface area contributed by atoms with Crippen LogP contribution in [0.2, 0.25) is 0 Å². The second kappa shape index (κ2) is 6.93. The van der Waals surface area contributed by atoms with Crippen molar-refractivity contribution < 1.29 is 4.74 Å². The van der Waals surface area contributed by atoms with E-state index >= 15 is 0 Å². The van der Waals surface area contributed by atoms with Gasteiger partial charge in [-0.15, -0.1) is 11.3 Å². The topological polar surface area (TPSA) is 71.1 Å². The van der Waals surface area contributed by atoms with E-state index in [0.29, 0.717) is 0 Å². The van der Waals surface area contributed by atoms with Gasteiger partial charge in [0.15, 0.2) is 0 Å². The summed E-state index contributed by atoms with van der Waals surface area (Å²) in [4.78, 5) is 24.6. The highest BCUT2D eigenvalue weighted by molar-refractivity contribution is 7.07. The van der Waals surface area contributed by atoms with E-state index in [1.54, 1.807) is 17.4 Å². The van der Waals surface area contributed by atoms with Crippen molar-refractivity contribution in [2.75, 3.05) is 19.7 Å². The van der Waals surface area contributed by atoms with Gasteiger partial charge < -0.3 is 9.72 Å². The van der Waals surface area contributed by atoms with Gasteiger partial charge in [-0.25, -0.2) is 9.97 Å². The third-order valence-electron chi connectivity index (χ3n) is 3.55. The fraction of sp³-hybridized carbons (Fsp3) is 0.500. The molecule has 0 unspecified atom stereocenters. The van der Waals surface area contributed by atoms with E-state index in [4.69, 9.17) is 4.74 Å². The Morgan fingerprint density at radius 2 is 2.38 bits per heavy atom. The van der Waals surface area contributed by atoms with E-state index in [0.717, 1.165) is 50.5 Å². The quantitative estimate of drug-likeness (QED) is 0.894. The van der Waals surface area contributed by atoms with Crippen LogP contribution in [-0.2, 0) is 17.7 Å². The predicted molar refractivity (Wildman–Crippen MR) is 80.3 cm³/mol. The molecule has 3 rings (SSSR count). The molecule has 6 nitrogen and oxygen atoms in total. The van der Waals surface area contributed by atoms with E-state index in [9.17, 15) is 4.79 Å². The Labute approximate surface area is 126 Å². The smallest absolute Gasteiger partial charge is 0.250 e. The fourth-order valence-electron chi connectivity index (χ4n) is 2.50. The van der Waals surface area contributed by atoms with Crippen molar-refractivity contribution in [3.63, 3.8) is 0 Å². The highest BCUT2D eigenvalue weighted by Crippen LogP contribution is 2.14. The number of morpholine rings is 1. The third kappa shape index (κ3) is 4.20. The van der Waals surface area contributed by atoms with Crippen molar-refractivity contribution >= 4 is 11.3 Å². The van der Waals surface area contributed by atoms with Crippen LogP contribution in [0, 0.1) is 0 Å².